The van der Waals surface area contributed by atoms with Crippen LogP contribution in [-0.4, -0.2) is 21.9 Å². The molecule has 2 aromatic heterocycles. The summed E-state index contributed by atoms with van der Waals surface area (Å²) in [6.07, 6.45) is 1.45. The SMILES string of the molecule is O=C1NC(=S)N(c2ccc(Oc3ccccc3)cc2)C(=O)C1=Cc1sccc1-c1cscc1[N+](=O)[O-]. The first-order valence-corrected chi connectivity index (χ1v) is 12.7. The molecule has 11 heteroatoms. The van der Waals surface area contributed by atoms with Gasteiger partial charge in [0.25, 0.3) is 17.5 Å². The quantitative estimate of drug-likeness (QED) is 0.107. The molecule has 2 amide bonds. The average Bonchev–Trinajstić information content (AvgIpc) is 3.53. The third-order valence-electron chi connectivity index (χ3n) is 5.27. The standard InChI is InChI=1S/C25H15N3O5S3/c29-23-19(12-22-18(10-11-36-22)20-13-35-14-21(20)28(31)32)24(30)27(25(34)26-23)15-6-8-17(9-7-15)33-16-4-2-1-3-5-16/h1-14H,(H,26,29,34). The lowest BCUT2D eigenvalue weighted by Crippen LogP contribution is -2.54. The van der Waals surface area contributed by atoms with E-state index in [9.17, 15) is 19.7 Å². The minimum absolute atomic E-state index is 0.0295. The lowest BCUT2D eigenvalue weighted by atomic mass is 10.1. The molecule has 3 heterocycles. The van der Waals surface area contributed by atoms with Gasteiger partial charge in [-0.15, -0.1) is 22.7 Å². The second-order valence-corrected chi connectivity index (χ2v) is 9.57. The number of anilines is 1. The van der Waals surface area contributed by atoms with Crippen LogP contribution in [-0.2, 0) is 9.59 Å². The average molecular weight is 534 g/mol. The predicted molar refractivity (Wildman–Crippen MR) is 143 cm³/mol. The smallest absolute Gasteiger partial charge is 0.287 e. The normalized spacial score (nSPS) is 14.7. The second-order valence-electron chi connectivity index (χ2n) is 7.49. The van der Waals surface area contributed by atoms with Gasteiger partial charge in [-0.1, -0.05) is 18.2 Å². The van der Waals surface area contributed by atoms with Crippen LogP contribution in [0.4, 0.5) is 11.4 Å². The third-order valence-corrected chi connectivity index (χ3v) is 7.15. The van der Waals surface area contributed by atoms with Gasteiger partial charge in [-0.2, -0.15) is 0 Å². The number of amides is 2. The van der Waals surface area contributed by atoms with Crippen molar-refractivity contribution in [2.24, 2.45) is 0 Å². The number of hydrogen-bond acceptors (Lipinski definition) is 8. The minimum atomic E-state index is -0.635. The van der Waals surface area contributed by atoms with Gasteiger partial charge >= 0.3 is 0 Å². The Morgan fingerprint density at radius 3 is 2.42 bits per heavy atom. The molecule has 0 radical (unpaired) electrons. The van der Waals surface area contributed by atoms with Gasteiger partial charge in [-0.05, 0) is 66.1 Å². The van der Waals surface area contributed by atoms with Crippen LogP contribution in [0.15, 0.2) is 82.4 Å². The topological polar surface area (TPSA) is 102 Å². The summed E-state index contributed by atoms with van der Waals surface area (Å²) in [6, 6.07) is 17.7. The number of ether oxygens (including phenoxy) is 1. The number of benzene rings is 2. The molecule has 0 aliphatic carbocycles. The lowest BCUT2D eigenvalue weighted by Gasteiger charge is -2.29. The molecule has 5 rings (SSSR count). The van der Waals surface area contributed by atoms with Gasteiger partial charge in [0, 0.05) is 15.8 Å². The molecular formula is C25H15N3O5S3. The van der Waals surface area contributed by atoms with Gasteiger partial charge < -0.3 is 4.74 Å². The molecule has 1 aliphatic heterocycles. The summed E-state index contributed by atoms with van der Waals surface area (Å²) in [4.78, 5) is 38.8. The van der Waals surface area contributed by atoms with E-state index in [1.165, 1.54) is 39.0 Å². The Labute approximate surface area is 218 Å². The molecule has 2 aromatic carbocycles. The van der Waals surface area contributed by atoms with Crippen LogP contribution in [0.1, 0.15) is 4.88 Å². The van der Waals surface area contributed by atoms with Crippen LogP contribution in [0.25, 0.3) is 17.2 Å². The molecule has 0 atom stereocenters. The van der Waals surface area contributed by atoms with Crippen LogP contribution < -0.4 is 15.0 Å². The lowest BCUT2D eigenvalue weighted by molar-refractivity contribution is -0.383. The summed E-state index contributed by atoms with van der Waals surface area (Å²) >= 11 is 7.76. The van der Waals surface area contributed by atoms with Gasteiger partial charge in [0.1, 0.15) is 17.1 Å². The van der Waals surface area contributed by atoms with Gasteiger partial charge in [0.2, 0.25) is 0 Å². The molecule has 0 spiro atoms. The molecule has 36 heavy (non-hydrogen) atoms. The van der Waals surface area contributed by atoms with Crippen LogP contribution >= 0.6 is 34.9 Å². The van der Waals surface area contributed by atoms with E-state index < -0.39 is 16.7 Å². The van der Waals surface area contributed by atoms with Crippen molar-refractivity contribution >= 4 is 69.3 Å². The number of thiocarbonyl (C=S) groups is 1. The van der Waals surface area contributed by atoms with Crippen molar-refractivity contribution in [3.8, 4) is 22.6 Å². The maximum Gasteiger partial charge on any atom is 0.287 e. The van der Waals surface area contributed by atoms with E-state index >= 15 is 0 Å². The van der Waals surface area contributed by atoms with Gasteiger partial charge in [-0.3, -0.25) is 29.9 Å². The third kappa shape index (κ3) is 4.54. The fourth-order valence-corrected chi connectivity index (χ4v) is 5.52. The summed E-state index contributed by atoms with van der Waals surface area (Å²) in [5.74, 6) is 0.00900. The Balaban J connectivity index is 1.45. The Bertz CT molecular complexity index is 1520. The first-order valence-electron chi connectivity index (χ1n) is 10.5. The van der Waals surface area contributed by atoms with Crippen molar-refractivity contribution < 1.29 is 19.2 Å². The zero-order valence-electron chi connectivity index (χ0n) is 18.2. The first-order chi connectivity index (χ1) is 17.4. The van der Waals surface area contributed by atoms with Crippen molar-refractivity contribution in [3.63, 3.8) is 0 Å². The van der Waals surface area contributed by atoms with Crippen LogP contribution in [0.2, 0.25) is 0 Å². The van der Waals surface area contributed by atoms with E-state index in [0.717, 1.165) is 0 Å². The second kappa shape index (κ2) is 9.82. The molecule has 4 aromatic rings. The summed E-state index contributed by atoms with van der Waals surface area (Å²) < 4.78 is 5.79. The summed E-state index contributed by atoms with van der Waals surface area (Å²) in [7, 11) is 0. The van der Waals surface area contributed by atoms with E-state index in [0.29, 0.717) is 33.2 Å². The number of carbonyl (C=O) groups is 2. The zero-order chi connectivity index (χ0) is 25.2. The molecule has 8 nitrogen and oxygen atoms in total. The van der Waals surface area contributed by atoms with E-state index in [2.05, 4.69) is 5.32 Å². The predicted octanol–water partition coefficient (Wildman–Crippen LogP) is 6.01. The molecular weight excluding hydrogens is 518 g/mol. The van der Waals surface area contributed by atoms with E-state index in [1.54, 1.807) is 41.1 Å². The van der Waals surface area contributed by atoms with Crippen molar-refractivity contribution in [3.05, 3.63) is 97.4 Å². The number of rotatable bonds is 6. The van der Waals surface area contributed by atoms with Crippen LogP contribution in [0.5, 0.6) is 11.5 Å². The highest BCUT2D eigenvalue weighted by Gasteiger charge is 2.35. The Morgan fingerprint density at radius 1 is 0.972 bits per heavy atom. The van der Waals surface area contributed by atoms with Gasteiger partial charge in [0.15, 0.2) is 5.11 Å². The first kappa shape index (κ1) is 23.5. The largest absolute Gasteiger partial charge is 0.457 e. The number of para-hydroxylation sites is 1. The van der Waals surface area contributed by atoms with Gasteiger partial charge in [0.05, 0.1) is 21.6 Å². The number of thiophene rings is 2. The van der Waals surface area contributed by atoms with E-state index in [-0.39, 0.29) is 16.4 Å². The Morgan fingerprint density at radius 2 is 1.69 bits per heavy atom. The fourth-order valence-electron chi connectivity index (χ4n) is 3.60. The van der Waals surface area contributed by atoms with Crippen LogP contribution in [0, 0.1) is 10.1 Å². The molecule has 0 bridgehead atoms. The summed E-state index contributed by atoms with van der Waals surface area (Å²) in [5, 5.41) is 18.8. The molecule has 1 N–H and O–H groups in total. The number of nitro groups is 1. The summed E-state index contributed by atoms with van der Waals surface area (Å²) in [5.41, 5.74) is 1.30. The van der Waals surface area contributed by atoms with Crippen molar-refractivity contribution in [2.75, 3.05) is 4.90 Å². The molecule has 1 fully saturated rings. The molecule has 0 unspecified atom stereocenters. The van der Waals surface area contributed by atoms with Crippen LogP contribution in [0.3, 0.4) is 0 Å². The fraction of sp³-hybridized carbons (Fsp3) is 0. The number of nitrogens with zero attached hydrogens (tertiary/aromatic N) is 2. The Kier molecular flexibility index (Phi) is 6.42. The monoisotopic (exact) mass is 533 g/mol. The van der Waals surface area contributed by atoms with Crippen molar-refractivity contribution in [1.82, 2.24) is 5.32 Å². The highest BCUT2D eigenvalue weighted by molar-refractivity contribution is 7.80. The molecule has 1 saturated heterocycles. The van der Waals surface area contributed by atoms with E-state index in [1.807, 2.05) is 30.3 Å². The van der Waals surface area contributed by atoms with Crippen molar-refractivity contribution in [2.45, 2.75) is 0 Å². The number of hydrogen-bond donors (Lipinski definition) is 1. The highest BCUT2D eigenvalue weighted by Crippen LogP contribution is 2.39. The highest BCUT2D eigenvalue weighted by atomic mass is 32.1. The maximum absolute atomic E-state index is 13.4. The maximum atomic E-state index is 13.4. The number of nitrogens with one attached hydrogen (secondary N) is 1. The summed E-state index contributed by atoms with van der Waals surface area (Å²) in [6.45, 7) is 0. The molecule has 1 aliphatic rings. The Hall–Kier alpha value is -4.19. The molecule has 178 valence electrons. The number of carbonyl (C=O) groups excluding carboxylic acids is 2. The molecule has 0 saturated carbocycles. The van der Waals surface area contributed by atoms with Crippen molar-refractivity contribution in [1.29, 1.82) is 0 Å². The van der Waals surface area contributed by atoms with E-state index in [4.69, 9.17) is 17.0 Å². The van der Waals surface area contributed by atoms with Gasteiger partial charge in [-0.25, -0.2) is 0 Å². The zero-order valence-corrected chi connectivity index (χ0v) is 20.7. The minimum Gasteiger partial charge on any atom is -0.457 e.